The van der Waals surface area contributed by atoms with Crippen LogP contribution in [0.3, 0.4) is 0 Å². The zero-order chi connectivity index (χ0) is 22.6. The molecule has 0 aliphatic carbocycles. The van der Waals surface area contributed by atoms with Gasteiger partial charge in [-0.2, -0.15) is 0 Å². The molecule has 0 fully saturated rings. The third kappa shape index (κ3) is 5.41. The van der Waals surface area contributed by atoms with E-state index in [1.807, 2.05) is 32.9 Å². The van der Waals surface area contributed by atoms with E-state index in [1.54, 1.807) is 14.0 Å². The number of carbonyl (C=O) groups is 1. The first-order valence-electron chi connectivity index (χ1n) is 10.1. The highest BCUT2D eigenvalue weighted by molar-refractivity contribution is 5.83. The summed E-state index contributed by atoms with van der Waals surface area (Å²) in [5, 5.41) is 8.82. The number of fused-ring (bicyclic) bond motifs is 1. The predicted molar refractivity (Wildman–Crippen MR) is 119 cm³/mol. The van der Waals surface area contributed by atoms with E-state index in [0.29, 0.717) is 28.9 Å². The van der Waals surface area contributed by atoms with Crippen molar-refractivity contribution in [3.8, 4) is 11.5 Å². The highest BCUT2D eigenvalue weighted by Crippen LogP contribution is 2.45. The van der Waals surface area contributed by atoms with E-state index in [2.05, 4.69) is 19.9 Å². The Labute approximate surface area is 178 Å². The van der Waals surface area contributed by atoms with Crippen molar-refractivity contribution < 1.29 is 23.8 Å². The number of halogens is 1. The van der Waals surface area contributed by atoms with Gasteiger partial charge in [0.25, 0.3) is 0 Å². The van der Waals surface area contributed by atoms with Crippen LogP contribution in [0, 0.1) is 5.92 Å². The number of benzene rings is 1. The van der Waals surface area contributed by atoms with Crippen LogP contribution in [0.25, 0.3) is 11.1 Å². The van der Waals surface area contributed by atoms with Gasteiger partial charge in [-0.15, -0.1) is 0 Å². The second kappa shape index (κ2) is 9.33. The van der Waals surface area contributed by atoms with Crippen LogP contribution in [0.15, 0.2) is 47.8 Å². The Morgan fingerprint density at radius 3 is 2.50 bits per heavy atom. The second-order valence-corrected chi connectivity index (χ2v) is 8.25. The minimum absolute atomic E-state index is 0.274. The Kier molecular flexibility index (Phi) is 7.30. The molecule has 0 aromatic heterocycles. The number of carboxylic acid groups (broad SMARTS) is 1. The molecule has 0 saturated heterocycles. The highest BCUT2D eigenvalue weighted by atomic mass is 19.1. The third-order valence-corrected chi connectivity index (χ3v) is 4.92. The fourth-order valence-electron chi connectivity index (χ4n) is 3.55. The summed E-state index contributed by atoms with van der Waals surface area (Å²) in [6.07, 6.45) is 6.34. The summed E-state index contributed by atoms with van der Waals surface area (Å²) in [5.41, 5.74) is 3.25. The van der Waals surface area contributed by atoms with Crippen LogP contribution in [-0.2, 0) is 4.79 Å². The van der Waals surface area contributed by atoms with Gasteiger partial charge in [-0.1, -0.05) is 26.8 Å². The molecule has 0 radical (unpaired) electrons. The van der Waals surface area contributed by atoms with Crippen molar-refractivity contribution in [2.24, 2.45) is 5.92 Å². The maximum atomic E-state index is 15.1. The molecular weight excluding hydrogens is 383 g/mol. The molecule has 0 atom stereocenters. The molecule has 30 heavy (non-hydrogen) atoms. The first-order valence-corrected chi connectivity index (χ1v) is 10.1. The minimum atomic E-state index is -1.07. The lowest BCUT2D eigenvalue weighted by molar-refractivity contribution is -0.131. The van der Waals surface area contributed by atoms with E-state index in [-0.39, 0.29) is 5.92 Å². The van der Waals surface area contributed by atoms with Crippen molar-refractivity contribution in [3.63, 3.8) is 0 Å². The minimum Gasteiger partial charge on any atom is -0.496 e. The molecular formula is C25H31FO4. The van der Waals surface area contributed by atoms with Crippen LogP contribution in [-0.4, -0.2) is 23.8 Å². The Balaban J connectivity index is 2.64. The zero-order valence-electron chi connectivity index (χ0n) is 18.8. The van der Waals surface area contributed by atoms with Gasteiger partial charge in [0.15, 0.2) is 0 Å². The molecule has 1 aromatic rings. The molecule has 1 heterocycles. The molecule has 1 aliphatic rings. The fraction of sp³-hybridized carbons (Fsp3) is 0.400. The molecule has 5 heteroatoms. The Hall–Kier alpha value is -2.82. The van der Waals surface area contributed by atoms with E-state index >= 15 is 4.39 Å². The molecule has 0 saturated carbocycles. The van der Waals surface area contributed by atoms with Gasteiger partial charge in [0, 0.05) is 23.3 Å². The number of hydrogen-bond donors (Lipinski definition) is 1. The second-order valence-electron chi connectivity index (χ2n) is 8.25. The van der Waals surface area contributed by atoms with Crippen LogP contribution in [0.4, 0.5) is 4.39 Å². The highest BCUT2D eigenvalue weighted by Gasteiger charge is 2.29. The summed E-state index contributed by atoms with van der Waals surface area (Å²) in [5.74, 6) is 0.0347. The molecule has 1 aromatic carbocycles. The number of ether oxygens (including phenoxy) is 2. The van der Waals surface area contributed by atoms with E-state index in [1.165, 1.54) is 12.2 Å². The average Bonchev–Trinajstić information content (AvgIpc) is 2.64. The molecule has 162 valence electrons. The van der Waals surface area contributed by atoms with Crippen LogP contribution >= 0.6 is 0 Å². The fourth-order valence-corrected chi connectivity index (χ4v) is 3.55. The number of rotatable bonds is 7. The third-order valence-electron chi connectivity index (χ3n) is 4.92. The quantitative estimate of drug-likeness (QED) is 0.404. The van der Waals surface area contributed by atoms with Gasteiger partial charge in [-0.25, -0.2) is 9.18 Å². The summed E-state index contributed by atoms with van der Waals surface area (Å²) in [6, 6.07) is 3.76. The number of hydrogen-bond acceptors (Lipinski definition) is 3. The van der Waals surface area contributed by atoms with Crippen molar-refractivity contribution in [2.75, 3.05) is 7.11 Å². The number of methoxy groups -OCH3 is 1. The Morgan fingerprint density at radius 2 is 1.97 bits per heavy atom. The van der Waals surface area contributed by atoms with Crippen LogP contribution < -0.4 is 9.47 Å². The summed E-state index contributed by atoms with van der Waals surface area (Å²) in [7, 11) is 1.55. The van der Waals surface area contributed by atoms with Crippen LogP contribution in [0.2, 0.25) is 0 Å². The van der Waals surface area contributed by atoms with Crippen LogP contribution in [0.5, 0.6) is 11.5 Å². The van der Waals surface area contributed by atoms with Crippen molar-refractivity contribution in [2.45, 2.75) is 53.6 Å². The summed E-state index contributed by atoms with van der Waals surface area (Å²) in [6.45, 7) is 11.7. The van der Waals surface area contributed by atoms with E-state index in [4.69, 9.17) is 14.6 Å². The van der Waals surface area contributed by atoms with Crippen molar-refractivity contribution >= 4 is 17.1 Å². The molecule has 1 aliphatic heterocycles. The molecule has 1 N–H and O–H groups in total. The van der Waals surface area contributed by atoms with Gasteiger partial charge in [-0.3, -0.25) is 0 Å². The van der Waals surface area contributed by atoms with E-state index in [0.717, 1.165) is 23.0 Å². The van der Waals surface area contributed by atoms with Crippen molar-refractivity contribution in [1.82, 2.24) is 0 Å². The summed E-state index contributed by atoms with van der Waals surface area (Å²) >= 11 is 0. The van der Waals surface area contributed by atoms with Crippen LogP contribution in [0.1, 0.15) is 59.1 Å². The lowest BCUT2D eigenvalue weighted by Gasteiger charge is -2.33. The molecule has 4 nitrogen and oxygen atoms in total. The number of carboxylic acids is 1. The first kappa shape index (κ1) is 23.5. The van der Waals surface area contributed by atoms with E-state index in [9.17, 15) is 4.79 Å². The molecule has 0 bridgehead atoms. The topological polar surface area (TPSA) is 55.8 Å². The lowest BCUT2D eigenvalue weighted by atomic mass is 9.86. The SMILES string of the molecule is CCC(=C(F)C=CC(C)=CC(=O)O)c1cc2c(cc1OC)OC(C)(C)C=C2C(C)C. The van der Waals surface area contributed by atoms with Crippen molar-refractivity contribution in [3.05, 3.63) is 59.0 Å². The standard InChI is InChI=1S/C25H31FO4/c1-8-17(21(26)10-9-16(4)11-24(27)28)18-12-19-20(15(2)3)14-25(5,6)30-23(19)13-22(18)29-7/h9-15H,8H2,1-7H3,(H,27,28). The Morgan fingerprint density at radius 1 is 1.30 bits per heavy atom. The number of allylic oxidation sites excluding steroid dienone is 6. The van der Waals surface area contributed by atoms with Gasteiger partial charge in [0.2, 0.25) is 0 Å². The summed E-state index contributed by atoms with van der Waals surface area (Å²) < 4.78 is 26.8. The molecule has 2 rings (SSSR count). The lowest BCUT2D eigenvalue weighted by Crippen LogP contribution is -2.29. The monoisotopic (exact) mass is 414 g/mol. The maximum Gasteiger partial charge on any atom is 0.328 e. The molecule has 0 amide bonds. The van der Waals surface area contributed by atoms with Crippen molar-refractivity contribution in [1.29, 1.82) is 0 Å². The zero-order valence-corrected chi connectivity index (χ0v) is 18.8. The predicted octanol–water partition coefficient (Wildman–Crippen LogP) is 6.58. The van der Waals surface area contributed by atoms with Gasteiger partial charge < -0.3 is 14.6 Å². The molecule has 0 unspecified atom stereocenters. The van der Waals surface area contributed by atoms with Gasteiger partial charge in [0.05, 0.1) is 7.11 Å². The maximum absolute atomic E-state index is 15.1. The Bertz CT molecular complexity index is 946. The largest absolute Gasteiger partial charge is 0.496 e. The van der Waals surface area contributed by atoms with Gasteiger partial charge in [0.1, 0.15) is 22.9 Å². The average molecular weight is 415 g/mol. The normalized spacial score (nSPS) is 16.7. The smallest absolute Gasteiger partial charge is 0.328 e. The molecule has 0 spiro atoms. The van der Waals surface area contributed by atoms with Gasteiger partial charge >= 0.3 is 5.97 Å². The number of aliphatic carboxylic acids is 1. The van der Waals surface area contributed by atoms with E-state index < -0.39 is 17.4 Å². The first-order chi connectivity index (χ1) is 14.0. The summed E-state index contributed by atoms with van der Waals surface area (Å²) in [4.78, 5) is 10.8. The van der Waals surface area contributed by atoms with Gasteiger partial charge in [-0.05, 0) is 68.0 Å².